The Morgan fingerprint density at radius 1 is 1.31 bits per heavy atom. The lowest BCUT2D eigenvalue weighted by Crippen LogP contribution is -2.56. The van der Waals surface area contributed by atoms with Crippen molar-refractivity contribution in [1.82, 2.24) is 25.4 Å². The highest BCUT2D eigenvalue weighted by molar-refractivity contribution is 6.32. The Bertz CT molecular complexity index is 1270. The molecule has 0 aromatic carbocycles. The van der Waals surface area contributed by atoms with E-state index < -0.39 is 40.8 Å². The van der Waals surface area contributed by atoms with Gasteiger partial charge in [0.15, 0.2) is 11.5 Å². The fourth-order valence-electron chi connectivity index (χ4n) is 3.60. The molecule has 0 fully saturated rings. The van der Waals surface area contributed by atoms with Gasteiger partial charge < -0.3 is 10.6 Å². The molecule has 8 nitrogen and oxygen atoms in total. The third-order valence-electron chi connectivity index (χ3n) is 5.54. The van der Waals surface area contributed by atoms with E-state index in [0.717, 1.165) is 0 Å². The number of alkyl halides is 3. The van der Waals surface area contributed by atoms with Crippen LogP contribution in [0.4, 0.5) is 13.2 Å². The van der Waals surface area contributed by atoms with Crippen molar-refractivity contribution in [2.45, 2.75) is 45.5 Å². The van der Waals surface area contributed by atoms with E-state index in [4.69, 9.17) is 11.6 Å². The highest BCUT2D eigenvalue weighted by Gasteiger charge is 2.43. The van der Waals surface area contributed by atoms with Crippen LogP contribution in [0.25, 0.3) is 5.82 Å². The second-order valence-corrected chi connectivity index (χ2v) is 8.91. The molecule has 0 spiro atoms. The van der Waals surface area contributed by atoms with Crippen LogP contribution in [0, 0.1) is 17.2 Å². The maximum Gasteiger partial charge on any atom is 0.435 e. The number of hydrogen-bond donors (Lipinski definition) is 2. The SMILES string of the molecule is CC(C)NC(=O)C1=CC(C#N)=CC(C)C1(C)NC(=O)c1cc(C(F)(F)F)nn1-c1ncccc1Cl. The Morgan fingerprint density at radius 3 is 2.57 bits per heavy atom. The molecule has 35 heavy (non-hydrogen) atoms. The van der Waals surface area contributed by atoms with Crippen molar-refractivity contribution in [3.8, 4) is 11.9 Å². The first-order valence-electron chi connectivity index (χ1n) is 10.5. The molecule has 1 aliphatic carbocycles. The number of allylic oxidation sites excluding steroid dienone is 2. The summed E-state index contributed by atoms with van der Waals surface area (Å²) in [4.78, 5) is 30.3. The molecule has 0 saturated heterocycles. The van der Waals surface area contributed by atoms with Gasteiger partial charge in [0.25, 0.3) is 5.91 Å². The zero-order valence-corrected chi connectivity index (χ0v) is 20.0. The quantitative estimate of drug-likeness (QED) is 0.637. The van der Waals surface area contributed by atoms with E-state index in [-0.39, 0.29) is 28.0 Å². The maximum absolute atomic E-state index is 13.5. The van der Waals surface area contributed by atoms with Crippen molar-refractivity contribution in [3.63, 3.8) is 0 Å². The standard InChI is InChI=1S/C23H22ClF3N6O2/c1-12(2)30-20(34)15-9-14(11-28)8-13(3)22(15,4)31-21(35)17-10-18(23(25,26)27)32-33(17)19-16(24)6-5-7-29-19/h5-10,12-13H,1-4H3,(H,30,34)(H,31,35). The van der Waals surface area contributed by atoms with Crippen molar-refractivity contribution in [1.29, 1.82) is 5.26 Å². The van der Waals surface area contributed by atoms with E-state index in [1.807, 2.05) is 6.07 Å². The largest absolute Gasteiger partial charge is 0.435 e. The Kier molecular flexibility index (Phi) is 7.08. The van der Waals surface area contributed by atoms with Crippen LogP contribution in [0.2, 0.25) is 5.02 Å². The zero-order chi connectivity index (χ0) is 26.1. The minimum Gasteiger partial charge on any atom is -0.350 e. The molecule has 0 saturated carbocycles. The first-order valence-corrected chi connectivity index (χ1v) is 10.9. The van der Waals surface area contributed by atoms with E-state index >= 15 is 0 Å². The number of nitrogens with one attached hydrogen (secondary N) is 2. The number of nitrogens with zero attached hydrogens (tertiary/aromatic N) is 4. The van der Waals surface area contributed by atoms with E-state index in [1.165, 1.54) is 24.4 Å². The number of halogens is 4. The molecule has 2 amide bonds. The van der Waals surface area contributed by atoms with Crippen molar-refractivity contribution < 1.29 is 22.8 Å². The van der Waals surface area contributed by atoms with Crippen molar-refractivity contribution in [3.05, 3.63) is 64.1 Å². The normalized spacial score (nSPS) is 20.1. The molecule has 1 aliphatic rings. The number of amides is 2. The Morgan fingerprint density at radius 2 is 2.00 bits per heavy atom. The molecule has 12 heteroatoms. The Balaban J connectivity index is 2.09. The van der Waals surface area contributed by atoms with E-state index in [2.05, 4.69) is 20.7 Å². The molecular formula is C23H22ClF3N6O2. The van der Waals surface area contributed by atoms with E-state index in [9.17, 15) is 28.0 Å². The molecule has 0 radical (unpaired) electrons. The van der Waals surface area contributed by atoms with Gasteiger partial charge in [-0.25, -0.2) is 9.67 Å². The maximum atomic E-state index is 13.5. The molecule has 3 rings (SSSR count). The second-order valence-electron chi connectivity index (χ2n) is 8.50. The van der Waals surface area contributed by atoms with E-state index in [1.54, 1.807) is 33.8 Å². The lowest BCUT2D eigenvalue weighted by molar-refractivity contribution is -0.141. The summed E-state index contributed by atoms with van der Waals surface area (Å²) in [6.45, 7) is 6.73. The summed E-state index contributed by atoms with van der Waals surface area (Å²) < 4.78 is 41.1. The number of rotatable bonds is 5. The summed E-state index contributed by atoms with van der Waals surface area (Å²) in [7, 11) is 0. The van der Waals surface area contributed by atoms with Crippen LogP contribution < -0.4 is 10.6 Å². The van der Waals surface area contributed by atoms with Gasteiger partial charge in [-0.1, -0.05) is 24.6 Å². The molecule has 0 bridgehead atoms. The minimum atomic E-state index is -4.84. The molecule has 2 N–H and O–H groups in total. The van der Waals surface area contributed by atoms with Crippen molar-refractivity contribution in [2.75, 3.05) is 0 Å². The number of carbonyl (C=O) groups is 2. The summed E-state index contributed by atoms with van der Waals surface area (Å²) >= 11 is 6.11. The van der Waals surface area contributed by atoms with Crippen LogP contribution in [0.5, 0.6) is 0 Å². The molecular weight excluding hydrogens is 485 g/mol. The highest BCUT2D eigenvalue weighted by Crippen LogP contribution is 2.35. The third kappa shape index (κ3) is 5.22. The smallest absolute Gasteiger partial charge is 0.350 e. The molecule has 2 heterocycles. The van der Waals surface area contributed by atoms with Gasteiger partial charge in [0, 0.05) is 35.4 Å². The monoisotopic (exact) mass is 506 g/mol. The van der Waals surface area contributed by atoms with Gasteiger partial charge in [-0.05, 0) is 39.0 Å². The lowest BCUT2D eigenvalue weighted by Gasteiger charge is -2.39. The van der Waals surface area contributed by atoms with Crippen LogP contribution in [-0.2, 0) is 11.0 Å². The lowest BCUT2D eigenvalue weighted by atomic mass is 9.74. The number of hydrogen-bond acceptors (Lipinski definition) is 5. The Hall–Kier alpha value is -3.65. The first-order chi connectivity index (χ1) is 16.3. The van der Waals surface area contributed by atoms with Gasteiger partial charge in [0.2, 0.25) is 5.91 Å². The number of nitriles is 1. The Labute approximate surface area is 204 Å². The van der Waals surface area contributed by atoms with Gasteiger partial charge in [-0.2, -0.15) is 23.5 Å². The topological polar surface area (TPSA) is 113 Å². The van der Waals surface area contributed by atoms with Crippen molar-refractivity contribution >= 4 is 23.4 Å². The summed E-state index contributed by atoms with van der Waals surface area (Å²) in [5.41, 5.74) is -2.85. The van der Waals surface area contributed by atoms with Gasteiger partial charge in [-0.3, -0.25) is 9.59 Å². The number of aromatic nitrogens is 3. The van der Waals surface area contributed by atoms with Gasteiger partial charge >= 0.3 is 6.18 Å². The van der Waals surface area contributed by atoms with Gasteiger partial charge in [0.05, 0.1) is 16.6 Å². The molecule has 0 aliphatic heterocycles. The average Bonchev–Trinajstić information content (AvgIpc) is 3.21. The molecule has 2 atom stereocenters. The molecule has 2 aromatic rings. The fraction of sp³-hybridized carbons (Fsp3) is 0.348. The molecule has 2 unspecified atom stereocenters. The first kappa shape index (κ1) is 26.0. The summed E-state index contributed by atoms with van der Waals surface area (Å²) in [6.07, 6.45) is -0.615. The van der Waals surface area contributed by atoms with Crippen molar-refractivity contribution in [2.24, 2.45) is 5.92 Å². The second kappa shape index (κ2) is 9.54. The van der Waals surface area contributed by atoms with Crippen LogP contribution in [0.15, 0.2) is 47.7 Å². The summed E-state index contributed by atoms with van der Waals surface area (Å²) in [5, 5.41) is 18.3. The fourth-order valence-corrected chi connectivity index (χ4v) is 3.80. The van der Waals surface area contributed by atoms with Crippen LogP contribution in [0.1, 0.15) is 43.9 Å². The zero-order valence-electron chi connectivity index (χ0n) is 19.2. The minimum absolute atomic E-state index is 0.0193. The van der Waals surface area contributed by atoms with Crippen LogP contribution in [0.3, 0.4) is 0 Å². The number of pyridine rings is 1. The van der Waals surface area contributed by atoms with Gasteiger partial charge in [0.1, 0.15) is 5.69 Å². The summed E-state index contributed by atoms with van der Waals surface area (Å²) in [6, 6.07) is 5.21. The average molecular weight is 507 g/mol. The number of carbonyl (C=O) groups excluding carboxylic acids is 2. The highest BCUT2D eigenvalue weighted by atomic mass is 35.5. The predicted molar refractivity (Wildman–Crippen MR) is 121 cm³/mol. The third-order valence-corrected chi connectivity index (χ3v) is 5.83. The predicted octanol–water partition coefficient (Wildman–Crippen LogP) is 3.98. The van der Waals surface area contributed by atoms with Crippen LogP contribution in [-0.4, -0.2) is 38.2 Å². The molecule has 184 valence electrons. The van der Waals surface area contributed by atoms with Crippen LogP contribution >= 0.6 is 11.6 Å². The van der Waals surface area contributed by atoms with E-state index in [0.29, 0.717) is 10.7 Å². The van der Waals surface area contributed by atoms with Gasteiger partial charge in [-0.15, -0.1) is 0 Å². The molecule has 2 aromatic heterocycles. The summed E-state index contributed by atoms with van der Waals surface area (Å²) in [5.74, 6) is -2.19.